The smallest absolute Gasteiger partial charge is 0.303 e. The number of esters is 2. The molecule has 1 amide bonds. The molecule has 156 valence electrons. The average Bonchev–Trinajstić information content (AvgIpc) is 2.54. The van der Waals surface area contributed by atoms with E-state index in [1.54, 1.807) is 25.1 Å². The number of rotatable bonds is 9. The highest BCUT2D eigenvalue weighted by atomic mass is 35.7. The van der Waals surface area contributed by atoms with Gasteiger partial charge in [-0.25, -0.2) is 8.42 Å². The zero-order valence-corrected chi connectivity index (χ0v) is 17.8. The summed E-state index contributed by atoms with van der Waals surface area (Å²) in [6.07, 6.45) is -0.577. The number of carbonyl (C=O) groups excluding carboxylic acids is 3. The van der Waals surface area contributed by atoms with Gasteiger partial charge in [0.1, 0.15) is 6.61 Å². The SMILES string of the molecule is CC(=O)OC[C@@H](CN(C(C)=O)c1ccc(CCS(=O)(=O)Cl)c(C)c1)OC(C)=O. The molecule has 0 aliphatic rings. The molecule has 1 atom stereocenters. The predicted molar refractivity (Wildman–Crippen MR) is 105 cm³/mol. The number of aryl methyl sites for hydroxylation is 2. The van der Waals surface area contributed by atoms with Gasteiger partial charge in [-0.05, 0) is 36.6 Å². The van der Waals surface area contributed by atoms with Crippen molar-refractivity contribution in [2.24, 2.45) is 0 Å². The molecule has 1 aromatic rings. The molecule has 0 bridgehead atoms. The monoisotopic (exact) mass is 433 g/mol. The van der Waals surface area contributed by atoms with E-state index in [2.05, 4.69) is 0 Å². The van der Waals surface area contributed by atoms with Crippen LogP contribution in [0.4, 0.5) is 5.69 Å². The Morgan fingerprint density at radius 1 is 1.14 bits per heavy atom. The molecule has 1 aromatic carbocycles. The largest absolute Gasteiger partial charge is 0.462 e. The fraction of sp³-hybridized carbons (Fsp3) is 0.500. The van der Waals surface area contributed by atoms with Crippen molar-refractivity contribution in [1.82, 2.24) is 0 Å². The minimum Gasteiger partial charge on any atom is -0.462 e. The molecule has 28 heavy (non-hydrogen) atoms. The van der Waals surface area contributed by atoms with Gasteiger partial charge in [-0.3, -0.25) is 14.4 Å². The number of ether oxygens (including phenoxy) is 2. The maximum Gasteiger partial charge on any atom is 0.303 e. The first-order valence-corrected chi connectivity index (χ1v) is 11.0. The number of hydrogen-bond donors (Lipinski definition) is 0. The second-order valence-electron chi connectivity index (χ2n) is 6.27. The van der Waals surface area contributed by atoms with Crippen LogP contribution < -0.4 is 4.90 Å². The zero-order valence-electron chi connectivity index (χ0n) is 16.2. The van der Waals surface area contributed by atoms with E-state index < -0.39 is 27.1 Å². The van der Waals surface area contributed by atoms with E-state index in [4.69, 9.17) is 20.2 Å². The topological polar surface area (TPSA) is 107 Å². The van der Waals surface area contributed by atoms with Crippen LogP contribution >= 0.6 is 10.7 Å². The Morgan fingerprint density at radius 3 is 2.25 bits per heavy atom. The van der Waals surface area contributed by atoms with Crippen molar-refractivity contribution in [3.05, 3.63) is 29.3 Å². The lowest BCUT2D eigenvalue weighted by Gasteiger charge is -2.27. The van der Waals surface area contributed by atoms with Crippen molar-refractivity contribution in [3.63, 3.8) is 0 Å². The third-order valence-corrected chi connectivity index (χ3v) is 4.98. The second kappa shape index (κ2) is 10.4. The molecule has 0 N–H and O–H groups in total. The quantitative estimate of drug-likeness (QED) is 0.432. The highest BCUT2D eigenvalue weighted by molar-refractivity contribution is 8.13. The Labute approximate surface area is 169 Å². The molecule has 0 aromatic heterocycles. The predicted octanol–water partition coefficient (Wildman–Crippen LogP) is 1.95. The molecule has 0 aliphatic heterocycles. The van der Waals surface area contributed by atoms with Gasteiger partial charge in [0.05, 0.1) is 12.3 Å². The van der Waals surface area contributed by atoms with Gasteiger partial charge in [-0.1, -0.05) is 6.07 Å². The number of amides is 1. The highest BCUT2D eigenvalue weighted by Crippen LogP contribution is 2.21. The van der Waals surface area contributed by atoms with Crippen LogP contribution in [0.25, 0.3) is 0 Å². The lowest BCUT2D eigenvalue weighted by molar-refractivity contribution is -0.155. The van der Waals surface area contributed by atoms with Gasteiger partial charge in [0.25, 0.3) is 0 Å². The van der Waals surface area contributed by atoms with Gasteiger partial charge in [0, 0.05) is 37.1 Å². The van der Waals surface area contributed by atoms with E-state index in [1.165, 1.54) is 25.7 Å². The van der Waals surface area contributed by atoms with Gasteiger partial charge in [0.2, 0.25) is 15.0 Å². The van der Waals surface area contributed by atoms with Crippen LogP contribution in [0.2, 0.25) is 0 Å². The van der Waals surface area contributed by atoms with E-state index in [0.29, 0.717) is 5.69 Å². The molecule has 0 saturated carbocycles. The average molecular weight is 434 g/mol. The lowest BCUT2D eigenvalue weighted by atomic mass is 10.0. The first kappa shape index (κ1) is 23.9. The Balaban J connectivity index is 3.02. The molecule has 0 heterocycles. The molecule has 0 saturated heterocycles. The molecule has 0 fully saturated rings. The Hall–Kier alpha value is -2.13. The van der Waals surface area contributed by atoms with Crippen molar-refractivity contribution in [3.8, 4) is 0 Å². The summed E-state index contributed by atoms with van der Waals surface area (Å²) in [5, 5.41) is 0. The zero-order chi connectivity index (χ0) is 21.5. The minimum absolute atomic E-state index is 0.00294. The summed E-state index contributed by atoms with van der Waals surface area (Å²) in [4.78, 5) is 35.9. The highest BCUT2D eigenvalue weighted by Gasteiger charge is 2.22. The van der Waals surface area contributed by atoms with Gasteiger partial charge >= 0.3 is 11.9 Å². The van der Waals surface area contributed by atoms with Gasteiger partial charge in [-0.15, -0.1) is 0 Å². The molecular weight excluding hydrogens is 410 g/mol. The maximum absolute atomic E-state index is 12.1. The van der Waals surface area contributed by atoms with E-state index in [1.807, 2.05) is 0 Å². The first-order chi connectivity index (χ1) is 12.9. The van der Waals surface area contributed by atoms with E-state index in [-0.39, 0.29) is 31.2 Å². The summed E-state index contributed by atoms with van der Waals surface area (Å²) in [5.74, 6) is -1.58. The number of hydrogen-bond acceptors (Lipinski definition) is 7. The van der Waals surface area contributed by atoms with Crippen molar-refractivity contribution in [1.29, 1.82) is 0 Å². The van der Waals surface area contributed by atoms with Crippen LogP contribution in [0, 0.1) is 6.92 Å². The summed E-state index contributed by atoms with van der Waals surface area (Å²) in [7, 11) is 1.65. The van der Waals surface area contributed by atoms with Crippen molar-refractivity contribution in [2.45, 2.75) is 40.2 Å². The first-order valence-electron chi connectivity index (χ1n) is 8.49. The number of anilines is 1. The number of halogens is 1. The Morgan fingerprint density at radius 2 is 1.79 bits per heavy atom. The standard InChI is InChI=1S/C18H24ClNO7S/c1-12-9-17(6-5-16(12)7-8-28(19,24)25)20(13(2)21)10-18(27-15(4)23)11-26-14(3)22/h5-6,9,18H,7-8,10-11H2,1-4H3/t18-/m1/s1. The molecular formula is C18H24ClNO7S. The third kappa shape index (κ3) is 8.71. The van der Waals surface area contributed by atoms with Crippen LogP contribution in [0.5, 0.6) is 0 Å². The van der Waals surface area contributed by atoms with Crippen LogP contribution in [-0.4, -0.2) is 51.3 Å². The molecule has 0 spiro atoms. The fourth-order valence-corrected chi connectivity index (χ4v) is 3.24. The van der Waals surface area contributed by atoms with Gasteiger partial charge in [0.15, 0.2) is 6.10 Å². The molecule has 10 heteroatoms. The van der Waals surface area contributed by atoms with Crippen LogP contribution in [0.1, 0.15) is 31.9 Å². The van der Waals surface area contributed by atoms with Crippen molar-refractivity contribution < 1.29 is 32.3 Å². The van der Waals surface area contributed by atoms with E-state index >= 15 is 0 Å². The third-order valence-electron chi connectivity index (χ3n) is 3.82. The molecule has 1 rings (SSSR count). The van der Waals surface area contributed by atoms with Crippen LogP contribution in [0.3, 0.4) is 0 Å². The summed E-state index contributed by atoms with van der Waals surface area (Å²) in [6, 6.07) is 5.12. The molecule has 0 radical (unpaired) electrons. The van der Waals surface area contributed by atoms with Crippen LogP contribution in [0.15, 0.2) is 18.2 Å². The van der Waals surface area contributed by atoms with E-state index in [0.717, 1.165) is 11.1 Å². The minimum atomic E-state index is -3.60. The number of carbonyl (C=O) groups is 3. The Kier molecular flexibility index (Phi) is 8.90. The van der Waals surface area contributed by atoms with E-state index in [9.17, 15) is 22.8 Å². The fourth-order valence-electron chi connectivity index (χ4n) is 2.55. The second-order valence-corrected chi connectivity index (χ2v) is 9.16. The van der Waals surface area contributed by atoms with Crippen LogP contribution in [-0.2, 0) is 39.3 Å². The summed E-state index contributed by atoms with van der Waals surface area (Å²) < 4.78 is 32.3. The number of nitrogens with zero attached hydrogens (tertiary/aromatic N) is 1. The summed E-state index contributed by atoms with van der Waals surface area (Å²) >= 11 is 0. The van der Waals surface area contributed by atoms with Gasteiger partial charge in [-0.2, -0.15) is 0 Å². The maximum atomic E-state index is 12.1. The van der Waals surface area contributed by atoms with Gasteiger partial charge < -0.3 is 14.4 Å². The number of benzene rings is 1. The lowest BCUT2D eigenvalue weighted by Crippen LogP contribution is -2.40. The van der Waals surface area contributed by atoms with Crippen molar-refractivity contribution in [2.75, 3.05) is 23.8 Å². The summed E-state index contributed by atoms with van der Waals surface area (Å²) in [5.41, 5.74) is 2.11. The molecule has 0 unspecified atom stereocenters. The molecule has 0 aliphatic carbocycles. The normalized spacial score (nSPS) is 12.2. The molecule has 8 nitrogen and oxygen atoms in total. The Bertz CT molecular complexity index is 838. The summed E-state index contributed by atoms with van der Waals surface area (Å²) in [6.45, 7) is 5.43. The van der Waals surface area contributed by atoms with Crippen molar-refractivity contribution >= 4 is 43.3 Å².